The van der Waals surface area contributed by atoms with Crippen molar-refractivity contribution in [2.75, 3.05) is 22.1 Å². The summed E-state index contributed by atoms with van der Waals surface area (Å²) in [4.78, 5) is 26.3. The molecule has 27 heavy (non-hydrogen) atoms. The summed E-state index contributed by atoms with van der Waals surface area (Å²) in [5, 5.41) is 5.61. The van der Waals surface area contributed by atoms with Crippen LogP contribution in [0.15, 0.2) is 48.5 Å². The van der Waals surface area contributed by atoms with Gasteiger partial charge in [-0.15, -0.1) is 0 Å². The van der Waals surface area contributed by atoms with Gasteiger partial charge in [-0.05, 0) is 43.3 Å². The molecule has 2 aromatic carbocycles. The number of carbonyl (C=O) groups is 2. The third-order valence-electron chi connectivity index (χ3n) is 4.28. The first-order valence-electron chi connectivity index (χ1n) is 8.38. The number of para-hydroxylation sites is 2. The monoisotopic (exact) mass is 377 g/mol. The fraction of sp³-hybridized carbons (Fsp3) is 0.263. The Hall–Kier alpha value is -3.03. The maximum absolute atomic E-state index is 12.8. The highest BCUT2D eigenvalue weighted by atomic mass is 19.4. The first-order valence-corrected chi connectivity index (χ1v) is 8.38. The molecule has 1 atom stereocenters. The molecule has 8 heteroatoms. The lowest BCUT2D eigenvalue weighted by Gasteiger charge is -2.28. The average Bonchev–Trinajstić information content (AvgIpc) is 2.73. The van der Waals surface area contributed by atoms with E-state index in [1.165, 1.54) is 17.0 Å². The van der Waals surface area contributed by atoms with E-state index >= 15 is 0 Å². The van der Waals surface area contributed by atoms with E-state index in [2.05, 4.69) is 10.6 Å². The van der Waals surface area contributed by atoms with Crippen LogP contribution in [0.2, 0.25) is 0 Å². The number of halogens is 3. The van der Waals surface area contributed by atoms with Crippen LogP contribution in [0.5, 0.6) is 0 Å². The van der Waals surface area contributed by atoms with Gasteiger partial charge in [0.05, 0.1) is 23.5 Å². The maximum atomic E-state index is 12.8. The van der Waals surface area contributed by atoms with Crippen molar-refractivity contribution in [2.45, 2.75) is 25.6 Å². The number of rotatable bonds is 3. The summed E-state index contributed by atoms with van der Waals surface area (Å²) in [6, 6.07) is 11.1. The smallest absolute Gasteiger partial charge is 0.376 e. The largest absolute Gasteiger partial charge is 0.416 e. The molecule has 3 rings (SSSR count). The van der Waals surface area contributed by atoms with Crippen molar-refractivity contribution in [3.8, 4) is 0 Å². The van der Waals surface area contributed by atoms with Crippen molar-refractivity contribution >= 4 is 28.9 Å². The van der Waals surface area contributed by atoms with E-state index < -0.39 is 11.7 Å². The minimum absolute atomic E-state index is 0.113. The highest BCUT2D eigenvalue weighted by molar-refractivity contribution is 6.05. The van der Waals surface area contributed by atoms with E-state index in [-0.39, 0.29) is 30.8 Å². The molecule has 0 aliphatic carbocycles. The van der Waals surface area contributed by atoms with Crippen molar-refractivity contribution in [1.29, 1.82) is 0 Å². The molecule has 0 saturated carbocycles. The van der Waals surface area contributed by atoms with Crippen molar-refractivity contribution in [1.82, 2.24) is 0 Å². The molecule has 0 radical (unpaired) electrons. The summed E-state index contributed by atoms with van der Waals surface area (Å²) < 4.78 is 37.8. The van der Waals surface area contributed by atoms with Gasteiger partial charge in [-0.25, -0.2) is 0 Å². The number of hydrogen-bond donors (Lipinski definition) is 2. The molecule has 0 spiro atoms. The lowest BCUT2D eigenvalue weighted by molar-refractivity contribution is -0.137. The van der Waals surface area contributed by atoms with Crippen LogP contribution >= 0.6 is 0 Å². The van der Waals surface area contributed by atoms with E-state index in [1.54, 1.807) is 31.2 Å². The van der Waals surface area contributed by atoms with Crippen LogP contribution in [0.4, 0.5) is 30.2 Å². The van der Waals surface area contributed by atoms with Crippen LogP contribution in [-0.2, 0) is 15.8 Å². The summed E-state index contributed by atoms with van der Waals surface area (Å²) in [6.45, 7) is 1.66. The molecule has 0 saturated heterocycles. The Kier molecular flexibility index (Phi) is 5.07. The Morgan fingerprint density at radius 2 is 1.85 bits per heavy atom. The highest BCUT2D eigenvalue weighted by Crippen LogP contribution is 2.32. The van der Waals surface area contributed by atoms with Crippen LogP contribution in [0, 0.1) is 0 Å². The van der Waals surface area contributed by atoms with Crippen molar-refractivity contribution in [3.63, 3.8) is 0 Å². The van der Waals surface area contributed by atoms with E-state index in [1.807, 2.05) is 0 Å². The van der Waals surface area contributed by atoms with Crippen molar-refractivity contribution < 1.29 is 22.8 Å². The van der Waals surface area contributed by atoms with Gasteiger partial charge < -0.3 is 15.5 Å². The van der Waals surface area contributed by atoms with E-state index in [4.69, 9.17) is 0 Å². The van der Waals surface area contributed by atoms with E-state index in [0.29, 0.717) is 17.1 Å². The quantitative estimate of drug-likeness (QED) is 0.853. The van der Waals surface area contributed by atoms with Gasteiger partial charge in [0.25, 0.3) is 0 Å². The zero-order valence-corrected chi connectivity index (χ0v) is 14.5. The molecular weight excluding hydrogens is 359 g/mol. The zero-order chi connectivity index (χ0) is 19.6. The lowest BCUT2D eigenvalue weighted by Crippen LogP contribution is -2.42. The normalized spacial score (nSPS) is 17.0. The van der Waals surface area contributed by atoms with Gasteiger partial charge in [-0.2, -0.15) is 13.2 Å². The molecule has 1 aliphatic heterocycles. The molecular formula is C19H18F3N3O2. The summed E-state index contributed by atoms with van der Waals surface area (Å²) in [5.41, 5.74) is 0.796. The van der Waals surface area contributed by atoms with Gasteiger partial charge in [-0.1, -0.05) is 12.1 Å². The summed E-state index contributed by atoms with van der Waals surface area (Å²) in [5.74, 6) is -0.465. The third kappa shape index (κ3) is 4.21. The molecule has 2 aromatic rings. The number of nitrogens with one attached hydrogen (secondary N) is 2. The molecule has 5 nitrogen and oxygen atoms in total. The molecule has 2 N–H and O–H groups in total. The molecule has 1 heterocycles. The molecule has 0 fully saturated rings. The number of alkyl halides is 3. The fourth-order valence-corrected chi connectivity index (χ4v) is 3.01. The Balaban J connectivity index is 1.74. The predicted octanol–water partition coefficient (Wildman–Crippen LogP) is 3.88. The third-order valence-corrected chi connectivity index (χ3v) is 4.28. The van der Waals surface area contributed by atoms with Crippen LogP contribution in [0.1, 0.15) is 18.9 Å². The number of nitrogens with zero attached hydrogens (tertiary/aromatic N) is 1. The van der Waals surface area contributed by atoms with Gasteiger partial charge in [-0.3, -0.25) is 9.59 Å². The molecule has 0 unspecified atom stereocenters. The topological polar surface area (TPSA) is 61.4 Å². The van der Waals surface area contributed by atoms with E-state index in [0.717, 1.165) is 12.1 Å². The molecule has 1 aliphatic rings. The average molecular weight is 377 g/mol. The maximum Gasteiger partial charge on any atom is 0.416 e. The Morgan fingerprint density at radius 3 is 2.52 bits per heavy atom. The van der Waals surface area contributed by atoms with Crippen LogP contribution in [-0.4, -0.2) is 24.4 Å². The molecule has 142 valence electrons. The fourth-order valence-electron chi connectivity index (χ4n) is 3.01. The van der Waals surface area contributed by atoms with Gasteiger partial charge in [0.1, 0.15) is 0 Å². The Morgan fingerprint density at radius 1 is 1.19 bits per heavy atom. The van der Waals surface area contributed by atoms with Gasteiger partial charge >= 0.3 is 6.18 Å². The number of hydrogen-bond acceptors (Lipinski definition) is 3. The predicted molar refractivity (Wildman–Crippen MR) is 96.6 cm³/mol. The number of fused-ring (bicyclic) bond motifs is 1. The van der Waals surface area contributed by atoms with Crippen molar-refractivity contribution in [2.24, 2.45) is 0 Å². The first-order chi connectivity index (χ1) is 12.8. The number of benzene rings is 2. The standard InChI is InChI=1S/C19H18F3N3O2/c1-12-10-17(26)24-15-4-2-3-5-16(15)25(12)18(27)11-23-14-8-6-13(7-9-14)19(20,21)22/h2-9,12,23H,10-11H2,1H3,(H,24,26)/t12-/m1/s1. The summed E-state index contributed by atoms with van der Waals surface area (Å²) >= 11 is 0. The highest BCUT2D eigenvalue weighted by Gasteiger charge is 2.31. The molecule has 0 bridgehead atoms. The van der Waals surface area contributed by atoms with Crippen LogP contribution < -0.4 is 15.5 Å². The van der Waals surface area contributed by atoms with Gasteiger partial charge in [0, 0.05) is 18.2 Å². The zero-order valence-electron chi connectivity index (χ0n) is 14.5. The first kappa shape index (κ1) is 18.8. The molecule has 2 amide bonds. The minimum atomic E-state index is -4.40. The summed E-state index contributed by atoms with van der Waals surface area (Å²) in [6.07, 6.45) is -4.25. The second-order valence-corrected chi connectivity index (χ2v) is 6.31. The number of anilines is 3. The molecule has 0 aromatic heterocycles. The minimum Gasteiger partial charge on any atom is -0.376 e. The summed E-state index contributed by atoms with van der Waals surface area (Å²) in [7, 11) is 0. The van der Waals surface area contributed by atoms with Crippen LogP contribution in [0.3, 0.4) is 0 Å². The van der Waals surface area contributed by atoms with Crippen molar-refractivity contribution in [3.05, 3.63) is 54.1 Å². The lowest BCUT2D eigenvalue weighted by atomic mass is 10.1. The second kappa shape index (κ2) is 7.30. The Bertz CT molecular complexity index is 850. The number of amides is 2. The number of carbonyl (C=O) groups excluding carboxylic acids is 2. The Labute approximate surface area is 154 Å². The van der Waals surface area contributed by atoms with Gasteiger partial charge in [0.15, 0.2) is 0 Å². The van der Waals surface area contributed by atoms with Crippen LogP contribution in [0.25, 0.3) is 0 Å². The van der Waals surface area contributed by atoms with Gasteiger partial charge in [0.2, 0.25) is 11.8 Å². The second-order valence-electron chi connectivity index (χ2n) is 6.31. The SMILES string of the molecule is C[C@@H]1CC(=O)Nc2ccccc2N1C(=O)CNc1ccc(C(F)(F)F)cc1. The van der Waals surface area contributed by atoms with E-state index in [9.17, 15) is 22.8 Å².